The number of aromatic nitrogens is 2. The summed E-state index contributed by atoms with van der Waals surface area (Å²) in [4.78, 5) is 17.5. The molecule has 2 heterocycles. The van der Waals surface area contributed by atoms with E-state index in [1.165, 1.54) is 6.39 Å². The average Bonchev–Trinajstić information content (AvgIpc) is 2.94. The van der Waals surface area contributed by atoms with Gasteiger partial charge in [0, 0.05) is 25.6 Å². The lowest BCUT2D eigenvalue weighted by molar-refractivity contribution is -0.134. The van der Waals surface area contributed by atoms with Gasteiger partial charge in [-0.1, -0.05) is 5.16 Å². The smallest absolute Gasteiger partial charge is 0.248 e. The van der Waals surface area contributed by atoms with E-state index in [0.29, 0.717) is 19.0 Å². The Labute approximate surface area is 93.6 Å². The van der Waals surface area contributed by atoms with E-state index in [1.807, 2.05) is 6.92 Å². The van der Waals surface area contributed by atoms with Crippen LogP contribution in [0.5, 0.6) is 0 Å². The Morgan fingerprint density at radius 1 is 1.75 bits per heavy atom. The maximum Gasteiger partial charge on any atom is 0.248 e. The van der Waals surface area contributed by atoms with E-state index in [1.54, 1.807) is 4.90 Å². The summed E-state index contributed by atoms with van der Waals surface area (Å²) in [7, 11) is 0. The Balaban J connectivity index is 1.86. The Morgan fingerprint density at radius 3 is 3.31 bits per heavy atom. The molecule has 16 heavy (non-hydrogen) atoms. The Hall–Kier alpha value is -1.43. The van der Waals surface area contributed by atoms with Crippen LogP contribution in [0.25, 0.3) is 0 Å². The van der Waals surface area contributed by atoms with Crippen LogP contribution >= 0.6 is 0 Å². The van der Waals surface area contributed by atoms with Crippen LogP contribution in [0.1, 0.15) is 25.1 Å². The van der Waals surface area contributed by atoms with Gasteiger partial charge in [-0.05, 0) is 13.3 Å². The van der Waals surface area contributed by atoms with Gasteiger partial charge in [0.05, 0.1) is 0 Å². The maximum absolute atomic E-state index is 11.7. The van der Waals surface area contributed by atoms with Crippen LogP contribution in [0.4, 0.5) is 0 Å². The molecule has 1 fully saturated rings. The van der Waals surface area contributed by atoms with Gasteiger partial charge in [0.1, 0.15) is 6.61 Å². The van der Waals surface area contributed by atoms with Crippen molar-refractivity contribution >= 4 is 5.91 Å². The average molecular weight is 225 g/mol. The second kappa shape index (κ2) is 5.07. The lowest BCUT2D eigenvalue weighted by Gasteiger charge is -2.15. The number of carbonyl (C=O) groups is 1. The van der Waals surface area contributed by atoms with Crippen molar-refractivity contribution in [2.75, 3.05) is 26.3 Å². The molecule has 88 valence electrons. The summed E-state index contributed by atoms with van der Waals surface area (Å²) in [5.41, 5.74) is 0. The summed E-state index contributed by atoms with van der Waals surface area (Å²) in [6.07, 6.45) is 2.21. The normalized spacial score (nSPS) is 20.3. The molecular weight excluding hydrogens is 210 g/mol. The van der Waals surface area contributed by atoms with Gasteiger partial charge in [-0.15, -0.1) is 0 Å². The molecule has 1 aliphatic heterocycles. The second-order valence-corrected chi connectivity index (χ2v) is 3.75. The van der Waals surface area contributed by atoms with Gasteiger partial charge < -0.3 is 14.2 Å². The van der Waals surface area contributed by atoms with Crippen molar-refractivity contribution in [3.8, 4) is 0 Å². The van der Waals surface area contributed by atoms with Crippen molar-refractivity contribution in [3.63, 3.8) is 0 Å². The van der Waals surface area contributed by atoms with Crippen molar-refractivity contribution in [2.45, 2.75) is 19.3 Å². The van der Waals surface area contributed by atoms with E-state index in [9.17, 15) is 4.79 Å². The molecule has 0 N–H and O–H groups in total. The molecule has 1 saturated heterocycles. The van der Waals surface area contributed by atoms with Crippen molar-refractivity contribution in [1.29, 1.82) is 0 Å². The quantitative estimate of drug-likeness (QED) is 0.743. The van der Waals surface area contributed by atoms with Crippen LogP contribution < -0.4 is 0 Å². The third-order valence-corrected chi connectivity index (χ3v) is 2.71. The van der Waals surface area contributed by atoms with Gasteiger partial charge in [-0.3, -0.25) is 4.79 Å². The molecule has 1 atom stereocenters. The molecule has 1 amide bonds. The molecule has 1 aromatic rings. The predicted molar refractivity (Wildman–Crippen MR) is 54.7 cm³/mol. The van der Waals surface area contributed by atoms with Crippen LogP contribution in [0.15, 0.2) is 10.9 Å². The SMILES string of the molecule is CCOCC(=O)N1CC[C@H](c2ncon2)C1. The standard InChI is InChI=1S/C10H15N3O3/c1-2-15-6-9(14)13-4-3-8(5-13)10-11-7-16-12-10/h7-8H,2-6H2,1H3/t8-/m0/s1. The molecule has 0 spiro atoms. The highest BCUT2D eigenvalue weighted by Crippen LogP contribution is 2.24. The van der Waals surface area contributed by atoms with Crippen molar-refractivity contribution in [1.82, 2.24) is 15.0 Å². The van der Waals surface area contributed by atoms with Gasteiger partial charge in [-0.2, -0.15) is 4.98 Å². The summed E-state index contributed by atoms with van der Waals surface area (Å²) in [6.45, 7) is 4.00. The molecule has 2 rings (SSSR count). The number of hydrogen-bond donors (Lipinski definition) is 0. The minimum atomic E-state index is 0.0350. The van der Waals surface area contributed by atoms with Crippen LogP contribution in [-0.2, 0) is 9.53 Å². The molecule has 0 aliphatic carbocycles. The highest BCUT2D eigenvalue weighted by Gasteiger charge is 2.29. The summed E-state index contributed by atoms with van der Waals surface area (Å²) in [5.74, 6) is 0.920. The number of nitrogens with zero attached hydrogens (tertiary/aromatic N) is 3. The molecule has 6 nitrogen and oxygen atoms in total. The summed E-state index contributed by atoms with van der Waals surface area (Å²) in [6, 6.07) is 0. The second-order valence-electron chi connectivity index (χ2n) is 3.75. The monoisotopic (exact) mass is 225 g/mol. The lowest BCUT2D eigenvalue weighted by atomic mass is 10.1. The van der Waals surface area contributed by atoms with E-state index in [-0.39, 0.29) is 18.4 Å². The fourth-order valence-corrected chi connectivity index (χ4v) is 1.84. The fraction of sp³-hybridized carbons (Fsp3) is 0.700. The molecule has 1 aliphatic rings. The largest absolute Gasteiger partial charge is 0.372 e. The van der Waals surface area contributed by atoms with Crippen LogP contribution in [-0.4, -0.2) is 47.3 Å². The number of ether oxygens (including phenoxy) is 1. The first-order chi connectivity index (χ1) is 7.81. The molecule has 0 bridgehead atoms. The predicted octanol–water partition coefficient (Wildman–Crippen LogP) is 0.422. The molecule has 6 heteroatoms. The minimum Gasteiger partial charge on any atom is -0.372 e. The Kier molecular flexibility index (Phi) is 3.51. The Morgan fingerprint density at radius 2 is 2.62 bits per heavy atom. The zero-order chi connectivity index (χ0) is 11.4. The van der Waals surface area contributed by atoms with Gasteiger partial charge in [-0.25, -0.2) is 0 Å². The van der Waals surface area contributed by atoms with Crippen molar-refractivity contribution < 1.29 is 14.1 Å². The highest BCUT2D eigenvalue weighted by molar-refractivity contribution is 5.77. The van der Waals surface area contributed by atoms with Crippen LogP contribution in [0, 0.1) is 0 Å². The molecule has 1 aromatic heterocycles. The van der Waals surface area contributed by atoms with E-state index in [2.05, 4.69) is 10.1 Å². The number of hydrogen-bond acceptors (Lipinski definition) is 5. The topological polar surface area (TPSA) is 68.5 Å². The number of amides is 1. The summed E-state index contributed by atoms with van der Waals surface area (Å²) >= 11 is 0. The molecule has 0 aromatic carbocycles. The zero-order valence-corrected chi connectivity index (χ0v) is 9.26. The van der Waals surface area contributed by atoms with E-state index in [0.717, 1.165) is 13.0 Å². The number of carbonyl (C=O) groups excluding carboxylic acids is 1. The molecule has 0 unspecified atom stereocenters. The first-order valence-electron chi connectivity index (χ1n) is 5.43. The zero-order valence-electron chi connectivity index (χ0n) is 9.26. The summed E-state index contributed by atoms with van der Waals surface area (Å²) < 4.78 is 9.79. The first kappa shape index (κ1) is 11.1. The lowest BCUT2D eigenvalue weighted by Crippen LogP contribution is -2.31. The maximum atomic E-state index is 11.7. The van der Waals surface area contributed by atoms with Gasteiger partial charge in [0.25, 0.3) is 0 Å². The van der Waals surface area contributed by atoms with Crippen LogP contribution in [0.3, 0.4) is 0 Å². The minimum absolute atomic E-state index is 0.0350. The van der Waals surface area contributed by atoms with E-state index >= 15 is 0 Å². The highest BCUT2D eigenvalue weighted by atomic mass is 16.5. The number of rotatable bonds is 4. The van der Waals surface area contributed by atoms with E-state index < -0.39 is 0 Å². The third-order valence-electron chi connectivity index (χ3n) is 2.71. The van der Waals surface area contributed by atoms with Gasteiger partial charge >= 0.3 is 0 Å². The van der Waals surface area contributed by atoms with Gasteiger partial charge in [0.2, 0.25) is 12.3 Å². The Bertz CT molecular complexity index is 339. The molecule has 0 radical (unpaired) electrons. The van der Waals surface area contributed by atoms with Crippen molar-refractivity contribution in [2.24, 2.45) is 0 Å². The van der Waals surface area contributed by atoms with Gasteiger partial charge in [0.15, 0.2) is 5.82 Å². The van der Waals surface area contributed by atoms with Crippen molar-refractivity contribution in [3.05, 3.63) is 12.2 Å². The number of likely N-dealkylation sites (tertiary alicyclic amines) is 1. The summed E-state index contributed by atoms with van der Waals surface area (Å²) in [5, 5.41) is 3.80. The third kappa shape index (κ3) is 2.38. The molecular formula is C10H15N3O3. The molecule has 0 saturated carbocycles. The fourth-order valence-electron chi connectivity index (χ4n) is 1.84. The van der Waals surface area contributed by atoms with E-state index in [4.69, 9.17) is 9.26 Å². The van der Waals surface area contributed by atoms with Crippen LogP contribution in [0.2, 0.25) is 0 Å². The first-order valence-corrected chi connectivity index (χ1v) is 5.43.